The van der Waals surface area contributed by atoms with Crippen molar-refractivity contribution in [2.45, 2.75) is 44.7 Å². The number of amides is 2. The maximum atomic E-state index is 13.6. The van der Waals surface area contributed by atoms with Crippen LogP contribution in [0.1, 0.15) is 59.3 Å². The minimum Gasteiger partial charge on any atom is -0.461 e. The summed E-state index contributed by atoms with van der Waals surface area (Å²) in [6.07, 6.45) is 2.20. The second kappa shape index (κ2) is 9.69. The highest BCUT2D eigenvalue weighted by Crippen LogP contribution is 2.43. The number of hydrogen-bond donors (Lipinski definition) is 2. The highest BCUT2D eigenvalue weighted by atomic mass is 16.6. The Bertz CT molecular complexity index is 1230. The van der Waals surface area contributed by atoms with E-state index in [4.69, 9.17) is 9.47 Å². The fourth-order valence-corrected chi connectivity index (χ4v) is 4.63. The van der Waals surface area contributed by atoms with E-state index in [1.54, 1.807) is 25.1 Å². The zero-order valence-electron chi connectivity index (χ0n) is 19.5. The van der Waals surface area contributed by atoms with Gasteiger partial charge in [-0.05, 0) is 50.7 Å². The first kappa shape index (κ1) is 24.1. The summed E-state index contributed by atoms with van der Waals surface area (Å²) in [5.41, 5.74) is -2.13. The average molecular weight is 482 g/mol. The largest absolute Gasteiger partial charge is 0.461 e. The molecule has 1 fully saturated rings. The third-order valence-electron chi connectivity index (χ3n) is 6.41. The summed E-state index contributed by atoms with van der Waals surface area (Å²) in [6.45, 7) is 1.87. The molecule has 11 nitrogen and oxygen atoms in total. The Hall–Kier alpha value is -4.02. The number of carbonyl (C=O) groups excluding carboxylic acids is 4. The minimum absolute atomic E-state index is 0.00558. The molecule has 0 saturated heterocycles. The van der Waals surface area contributed by atoms with Crippen molar-refractivity contribution in [2.24, 2.45) is 5.92 Å². The van der Waals surface area contributed by atoms with Crippen molar-refractivity contribution in [1.82, 2.24) is 20.2 Å². The molecule has 2 aliphatic heterocycles. The molecule has 1 aromatic carbocycles. The molecule has 1 saturated carbocycles. The number of nitrogens with one attached hydrogen (secondary N) is 2. The summed E-state index contributed by atoms with van der Waals surface area (Å²) >= 11 is 0. The highest BCUT2D eigenvalue weighted by Gasteiger charge is 2.47. The molecular weight excluding hydrogens is 456 g/mol. The first-order valence-corrected chi connectivity index (χ1v) is 11.4. The monoisotopic (exact) mass is 482 g/mol. The van der Waals surface area contributed by atoms with Gasteiger partial charge in [-0.3, -0.25) is 19.0 Å². The Morgan fingerprint density at radius 1 is 1.09 bits per heavy atom. The number of hydrogen-bond acceptors (Lipinski definition) is 8. The number of nitrogens with zero attached hydrogens (tertiary/aromatic N) is 2. The van der Waals surface area contributed by atoms with E-state index in [9.17, 15) is 24.0 Å². The van der Waals surface area contributed by atoms with Gasteiger partial charge in [-0.25, -0.2) is 14.6 Å². The number of aromatic nitrogens is 2. The van der Waals surface area contributed by atoms with Crippen LogP contribution >= 0.6 is 0 Å². The standard InChI is InChI=1S/C24H26N4O7/c1-3-34-22(33)16-17(35-21(32)15-7-5-4-6-8-15)20(31)28-13-14-9-11-24(12-10-14,23(28)26-16)27-19(30)18(29)25-2/h4-8,14H,3,9-13H2,1-2H3,(H,25,29)(H,27,30). The smallest absolute Gasteiger partial charge is 0.361 e. The lowest BCUT2D eigenvalue weighted by Crippen LogP contribution is -2.53. The third-order valence-corrected chi connectivity index (χ3v) is 6.41. The van der Waals surface area contributed by atoms with Crippen LogP contribution in [0.3, 0.4) is 0 Å². The summed E-state index contributed by atoms with van der Waals surface area (Å²) in [4.78, 5) is 68.1. The Morgan fingerprint density at radius 2 is 1.77 bits per heavy atom. The molecule has 1 aliphatic carbocycles. The molecular formula is C24H26N4O7. The molecule has 3 heterocycles. The molecule has 0 unspecified atom stereocenters. The number of benzene rings is 1. The number of rotatable bonds is 5. The lowest BCUT2D eigenvalue weighted by Gasteiger charge is -2.36. The zero-order valence-corrected chi connectivity index (χ0v) is 19.5. The summed E-state index contributed by atoms with van der Waals surface area (Å²) in [7, 11) is 1.34. The van der Waals surface area contributed by atoms with E-state index in [1.165, 1.54) is 23.7 Å². The summed E-state index contributed by atoms with van der Waals surface area (Å²) < 4.78 is 11.8. The predicted molar refractivity (Wildman–Crippen MR) is 122 cm³/mol. The lowest BCUT2D eigenvalue weighted by molar-refractivity contribution is -0.140. The van der Waals surface area contributed by atoms with Crippen molar-refractivity contribution in [3.63, 3.8) is 0 Å². The van der Waals surface area contributed by atoms with Gasteiger partial charge >= 0.3 is 23.8 Å². The van der Waals surface area contributed by atoms with Crippen LogP contribution in [0.2, 0.25) is 0 Å². The van der Waals surface area contributed by atoms with Crippen LogP contribution in [0.25, 0.3) is 0 Å². The maximum absolute atomic E-state index is 13.6. The predicted octanol–water partition coefficient (Wildman–Crippen LogP) is 0.900. The van der Waals surface area contributed by atoms with Crippen molar-refractivity contribution in [3.05, 3.63) is 57.8 Å². The highest BCUT2D eigenvalue weighted by molar-refractivity contribution is 6.35. The second-order valence-corrected chi connectivity index (χ2v) is 8.56. The summed E-state index contributed by atoms with van der Waals surface area (Å²) in [5.74, 6) is -3.74. The second-order valence-electron chi connectivity index (χ2n) is 8.56. The lowest BCUT2D eigenvalue weighted by atomic mass is 9.77. The van der Waals surface area contributed by atoms with Crippen molar-refractivity contribution >= 4 is 23.8 Å². The van der Waals surface area contributed by atoms with Gasteiger partial charge in [0.25, 0.3) is 5.56 Å². The minimum atomic E-state index is -1.14. The molecule has 2 amide bonds. The van der Waals surface area contributed by atoms with Crippen molar-refractivity contribution in [3.8, 4) is 5.75 Å². The van der Waals surface area contributed by atoms with Gasteiger partial charge in [0.15, 0.2) is 5.69 Å². The van der Waals surface area contributed by atoms with E-state index in [-0.39, 0.29) is 30.5 Å². The Labute approximate surface area is 200 Å². The van der Waals surface area contributed by atoms with Crippen molar-refractivity contribution in [2.75, 3.05) is 13.7 Å². The first-order chi connectivity index (χ1) is 16.8. The van der Waals surface area contributed by atoms with Crippen molar-refractivity contribution < 1.29 is 28.7 Å². The molecule has 5 rings (SSSR count). The van der Waals surface area contributed by atoms with Crippen LogP contribution < -0.4 is 20.9 Å². The molecule has 184 valence electrons. The van der Waals surface area contributed by atoms with Crippen LogP contribution in [0.15, 0.2) is 35.1 Å². The van der Waals surface area contributed by atoms with Crippen LogP contribution in [-0.2, 0) is 26.4 Å². The number of carbonyl (C=O) groups is 4. The topological polar surface area (TPSA) is 146 Å². The van der Waals surface area contributed by atoms with E-state index in [0.29, 0.717) is 25.7 Å². The maximum Gasteiger partial charge on any atom is 0.361 e. The van der Waals surface area contributed by atoms with Crippen LogP contribution in [0, 0.1) is 5.92 Å². The molecule has 2 bridgehead atoms. The van der Waals surface area contributed by atoms with Gasteiger partial charge in [0.1, 0.15) is 5.82 Å². The van der Waals surface area contributed by atoms with Gasteiger partial charge in [-0.15, -0.1) is 0 Å². The Kier molecular flexibility index (Phi) is 6.68. The van der Waals surface area contributed by atoms with Gasteiger partial charge in [-0.1, -0.05) is 18.2 Å². The van der Waals surface area contributed by atoms with E-state index >= 15 is 0 Å². The van der Waals surface area contributed by atoms with Gasteiger partial charge in [-0.2, -0.15) is 0 Å². The van der Waals surface area contributed by atoms with E-state index in [1.807, 2.05) is 0 Å². The van der Waals surface area contributed by atoms with Crippen LogP contribution in [-0.4, -0.2) is 47.0 Å². The van der Waals surface area contributed by atoms with Crippen LogP contribution in [0.5, 0.6) is 5.75 Å². The molecule has 2 aromatic rings. The fraction of sp³-hybridized carbons (Fsp3) is 0.417. The molecule has 35 heavy (non-hydrogen) atoms. The van der Waals surface area contributed by atoms with E-state index < -0.39 is 46.3 Å². The normalized spacial score (nSPS) is 20.2. The molecule has 11 heteroatoms. The summed E-state index contributed by atoms with van der Waals surface area (Å²) in [5, 5.41) is 5.03. The molecule has 0 spiro atoms. The van der Waals surface area contributed by atoms with E-state index in [0.717, 1.165) is 0 Å². The van der Waals surface area contributed by atoms with Gasteiger partial charge in [0.05, 0.1) is 17.7 Å². The third kappa shape index (κ3) is 4.53. The molecule has 0 atom stereocenters. The SMILES string of the molecule is CCOC(=O)c1nc2n(c(=O)c1OC(=O)c1ccccc1)CC1CCC2(NC(=O)C(=O)NC)CC1. The number of fused-ring (bicyclic) bond motifs is 2. The van der Waals surface area contributed by atoms with Gasteiger partial charge < -0.3 is 20.1 Å². The molecule has 1 aromatic heterocycles. The van der Waals surface area contributed by atoms with Gasteiger partial charge in [0.2, 0.25) is 5.75 Å². The first-order valence-electron chi connectivity index (χ1n) is 11.4. The Morgan fingerprint density at radius 3 is 2.40 bits per heavy atom. The van der Waals surface area contributed by atoms with Crippen molar-refractivity contribution in [1.29, 1.82) is 0 Å². The molecule has 2 N–H and O–H groups in total. The summed E-state index contributed by atoms with van der Waals surface area (Å²) in [6, 6.07) is 8.04. The van der Waals surface area contributed by atoms with Gasteiger partial charge in [0, 0.05) is 13.6 Å². The quantitative estimate of drug-likeness (QED) is 0.472. The number of likely N-dealkylation sites (N-methyl/N-ethyl adjacent to an activating group) is 1. The number of ether oxygens (including phenoxy) is 2. The molecule has 3 aliphatic rings. The average Bonchev–Trinajstić information content (AvgIpc) is 3.11. The van der Waals surface area contributed by atoms with Crippen LogP contribution in [0.4, 0.5) is 0 Å². The molecule has 0 radical (unpaired) electrons. The fourth-order valence-electron chi connectivity index (χ4n) is 4.63. The number of esters is 2. The van der Waals surface area contributed by atoms with E-state index in [2.05, 4.69) is 15.6 Å². The Balaban J connectivity index is 1.86. The zero-order chi connectivity index (χ0) is 25.2.